The lowest BCUT2D eigenvalue weighted by atomic mass is 9.87. The Hall–Kier alpha value is -3.33. The van der Waals surface area contributed by atoms with Crippen LogP contribution in [0.2, 0.25) is 0 Å². The predicted octanol–water partition coefficient (Wildman–Crippen LogP) is 5.44. The second-order valence-corrected chi connectivity index (χ2v) is 12.0. The summed E-state index contributed by atoms with van der Waals surface area (Å²) in [5.74, 6) is 5.46. The van der Waals surface area contributed by atoms with Crippen LogP contribution in [0, 0.1) is 34.2 Å². The quantitative estimate of drug-likeness (QED) is 0.279. The van der Waals surface area contributed by atoms with Crippen LogP contribution in [0.4, 0.5) is 17.2 Å². The zero-order valence-electron chi connectivity index (χ0n) is 23.3. The number of carboxylic acids is 1. The maximum atomic E-state index is 13.6. The van der Waals surface area contributed by atoms with Crippen LogP contribution in [0.15, 0.2) is 24.3 Å². The number of aromatic nitrogens is 3. The number of hydrogen-bond acceptors (Lipinski definition) is 6. The van der Waals surface area contributed by atoms with E-state index in [1.165, 1.54) is 0 Å². The van der Waals surface area contributed by atoms with E-state index in [0.29, 0.717) is 48.8 Å². The average Bonchev–Trinajstić information content (AvgIpc) is 3.49. The Morgan fingerprint density at radius 1 is 1.18 bits per heavy atom. The monoisotopic (exact) mass is 655 g/mol. The normalized spacial score (nSPS) is 20.7. The highest BCUT2D eigenvalue weighted by atomic mass is 127. The Labute approximate surface area is 248 Å². The van der Waals surface area contributed by atoms with E-state index in [1.54, 1.807) is 16.5 Å². The summed E-state index contributed by atoms with van der Waals surface area (Å²) in [6.45, 7) is 7.79. The van der Waals surface area contributed by atoms with Crippen LogP contribution < -0.4 is 14.5 Å². The molecule has 1 aliphatic heterocycles. The molecule has 1 aliphatic carbocycles. The average molecular weight is 656 g/mol. The van der Waals surface area contributed by atoms with Crippen LogP contribution in [0.5, 0.6) is 5.88 Å². The van der Waals surface area contributed by atoms with Crippen molar-refractivity contribution in [2.75, 3.05) is 22.9 Å². The van der Waals surface area contributed by atoms with Gasteiger partial charge in [-0.05, 0) is 110 Å². The van der Waals surface area contributed by atoms with Gasteiger partial charge in [0.2, 0.25) is 0 Å². The van der Waals surface area contributed by atoms with E-state index in [4.69, 9.17) is 9.72 Å². The lowest BCUT2D eigenvalue weighted by Crippen LogP contribution is -2.29. The number of benzene rings is 1. The topological polar surface area (TPSA) is 101 Å². The number of carbonyl (C=O) groups is 2. The van der Waals surface area contributed by atoms with Gasteiger partial charge in [-0.25, -0.2) is 4.98 Å². The van der Waals surface area contributed by atoms with E-state index in [2.05, 4.69) is 57.4 Å². The molecule has 2 aromatic heterocycles. The predicted molar refractivity (Wildman–Crippen MR) is 163 cm³/mol. The minimum absolute atomic E-state index is 0.134. The van der Waals surface area contributed by atoms with E-state index in [1.807, 2.05) is 32.2 Å². The fourth-order valence-electron chi connectivity index (χ4n) is 5.63. The molecule has 40 heavy (non-hydrogen) atoms. The molecule has 0 bridgehead atoms. The van der Waals surface area contributed by atoms with Gasteiger partial charge in [0.1, 0.15) is 11.9 Å². The number of amides is 1. The van der Waals surface area contributed by atoms with Crippen molar-refractivity contribution in [3.05, 3.63) is 33.4 Å². The highest BCUT2D eigenvalue weighted by Crippen LogP contribution is 2.40. The molecule has 1 atom stereocenters. The van der Waals surface area contributed by atoms with Gasteiger partial charge in [-0.3, -0.25) is 19.2 Å². The van der Waals surface area contributed by atoms with Crippen molar-refractivity contribution in [2.45, 2.75) is 59.0 Å². The molecule has 0 radical (unpaired) electrons. The number of ether oxygens (including phenoxy) is 1. The van der Waals surface area contributed by atoms with Gasteiger partial charge >= 0.3 is 11.9 Å². The second-order valence-electron chi connectivity index (χ2n) is 10.8. The SMILES string of the molecule is CC#CC(=O)N(c1ccc2c(n1)c(O[C@H]1CC[C@H](C(=O)O)CC1)nn2C)c1cc(C)c(I)cc1N1CC[C@H](C)C1. The first-order valence-corrected chi connectivity index (χ1v) is 14.8. The number of carboxylic acid groups (broad SMARTS) is 1. The second kappa shape index (κ2) is 11.6. The Morgan fingerprint density at radius 3 is 2.58 bits per heavy atom. The first-order chi connectivity index (χ1) is 19.2. The van der Waals surface area contributed by atoms with Gasteiger partial charge in [0.25, 0.3) is 5.88 Å². The van der Waals surface area contributed by atoms with E-state index in [-0.39, 0.29) is 17.9 Å². The molecule has 1 N–H and O–H groups in total. The third-order valence-corrected chi connectivity index (χ3v) is 9.04. The molecular weight excluding hydrogens is 621 g/mol. The fourth-order valence-corrected chi connectivity index (χ4v) is 6.08. The molecule has 1 saturated carbocycles. The number of aliphatic carboxylic acids is 1. The number of halogens is 1. The van der Waals surface area contributed by atoms with Gasteiger partial charge in [-0.2, -0.15) is 0 Å². The minimum Gasteiger partial charge on any atom is -0.481 e. The molecule has 1 saturated heterocycles. The lowest BCUT2D eigenvalue weighted by Gasteiger charge is -2.28. The Bertz CT molecular complexity index is 1520. The first-order valence-electron chi connectivity index (χ1n) is 13.7. The Balaban J connectivity index is 1.56. The number of nitrogens with zero attached hydrogens (tertiary/aromatic N) is 5. The largest absolute Gasteiger partial charge is 0.481 e. The van der Waals surface area contributed by atoms with E-state index in [0.717, 1.165) is 45.5 Å². The number of fused-ring (bicyclic) bond motifs is 1. The van der Waals surface area contributed by atoms with Crippen LogP contribution >= 0.6 is 22.6 Å². The summed E-state index contributed by atoms with van der Waals surface area (Å²) in [5.41, 5.74) is 4.15. The summed E-state index contributed by atoms with van der Waals surface area (Å²) < 4.78 is 9.14. The van der Waals surface area contributed by atoms with Gasteiger partial charge < -0.3 is 14.7 Å². The molecule has 1 aromatic carbocycles. The molecule has 0 spiro atoms. The van der Waals surface area contributed by atoms with E-state index >= 15 is 0 Å². The Morgan fingerprint density at radius 2 is 1.93 bits per heavy atom. The van der Waals surface area contributed by atoms with Gasteiger partial charge in [0, 0.05) is 23.7 Å². The molecule has 2 fully saturated rings. The van der Waals surface area contributed by atoms with Crippen LogP contribution in [-0.2, 0) is 16.6 Å². The molecule has 2 aliphatic rings. The molecule has 1 amide bonds. The summed E-state index contributed by atoms with van der Waals surface area (Å²) in [7, 11) is 1.83. The van der Waals surface area contributed by atoms with Crippen LogP contribution in [0.1, 0.15) is 51.5 Å². The molecular formula is C30H34IN5O4. The summed E-state index contributed by atoms with van der Waals surface area (Å²) in [4.78, 5) is 33.8. The summed E-state index contributed by atoms with van der Waals surface area (Å²) in [6, 6.07) is 7.91. The third kappa shape index (κ3) is 5.61. The van der Waals surface area contributed by atoms with Crippen molar-refractivity contribution in [1.29, 1.82) is 0 Å². The fraction of sp³-hybridized carbons (Fsp3) is 0.467. The first kappa shape index (κ1) is 28.2. The standard InChI is InChI=1S/C30H34IN5O4/c1-5-6-27(37)36(25-15-19(3)22(31)16-24(25)35-14-13-18(2)17-35)26-12-11-23-28(32-26)29(33-34(23)4)40-21-9-7-20(8-10-21)30(38)39/h11-12,15-16,18,20-21H,7-10,13-14,17H2,1-4H3,(H,38,39)/t18-,20-,21-/m0/s1. The molecule has 210 valence electrons. The lowest BCUT2D eigenvalue weighted by molar-refractivity contribution is -0.143. The number of pyridine rings is 1. The number of carbonyl (C=O) groups excluding carboxylic acids is 1. The maximum absolute atomic E-state index is 13.6. The Kier molecular flexibility index (Phi) is 8.21. The summed E-state index contributed by atoms with van der Waals surface area (Å²) in [5, 5.41) is 13.9. The number of aryl methyl sites for hydroxylation is 2. The number of rotatable bonds is 6. The van der Waals surface area contributed by atoms with Crippen molar-refractivity contribution < 1.29 is 19.4 Å². The van der Waals surface area contributed by atoms with Crippen molar-refractivity contribution >= 4 is 62.7 Å². The van der Waals surface area contributed by atoms with Crippen LogP contribution in [-0.4, -0.2) is 50.9 Å². The molecule has 3 heterocycles. The van der Waals surface area contributed by atoms with Gasteiger partial charge in [0.15, 0.2) is 5.52 Å². The summed E-state index contributed by atoms with van der Waals surface area (Å²) >= 11 is 2.35. The molecule has 0 unspecified atom stereocenters. The minimum atomic E-state index is -0.749. The number of anilines is 3. The zero-order chi connectivity index (χ0) is 28.6. The smallest absolute Gasteiger partial charge is 0.308 e. The molecule has 5 rings (SSSR count). The molecule has 3 aromatic rings. The van der Waals surface area contributed by atoms with Crippen molar-refractivity contribution in [3.8, 4) is 17.7 Å². The third-order valence-electron chi connectivity index (χ3n) is 7.88. The van der Waals surface area contributed by atoms with Crippen molar-refractivity contribution in [2.24, 2.45) is 18.9 Å². The molecule has 9 nitrogen and oxygen atoms in total. The van der Waals surface area contributed by atoms with Gasteiger partial charge in [-0.1, -0.05) is 12.8 Å². The van der Waals surface area contributed by atoms with Crippen molar-refractivity contribution in [1.82, 2.24) is 14.8 Å². The van der Waals surface area contributed by atoms with E-state index < -0.39 is 5.97 Å². The molecule has 10 heteroatoms. The van der Waals surface area contributed by atoms with Gasteiger partial charge in [0.05, 0.1) is 22.8 Å². The van der Waals surface area contributed by atoms with E-state index in [9.17, 15) is 14.7 Å². The summed E-state index contributed by atoms with van der Waals surface area (Å²) in [6.07, 6.45) is 3.40. The maximum Gasteiger partial charge on any atom is 0.308 e. The highest BCUT2D eigenvalue weighted by molar-refractivity contribution is 14.1. The number of hydrogen-bond donors (Lipinski definition) is 1. The highest BCUT2D eigenvalue weighted by Gasteiger charge is 2.30. The van der Waals surface area contributed by atoms with Gasteiger partial charge in [-0.15, -0.1) is 5.10 Å². The zero-order valence-corrected chi connectivity index (χ0v) is 25.4. The van der Waals surface area contributed by atoms with Crippen LogP contribution in [0.25, 0.3) is 11.0 Å². The van der Waals surface area contributed by atoms with Crippen LogP contribution in [0.3, 0.4) is 0 Å². The van der Waals surface area contributed by atoms with Crippen molar-refractivity contribution in [3.63, 3.8) is 0 Å².